The first kappa shape index (κ1) is 9.64. The Bertz CT molecular complexity index is 391. The van der Waals surface area contributed by atoms with Gasteiger partial charge in [0.25, 0.3) is 0 Å². The Balaban J connectivity index is 1.92. The second-order valence-corrected chi connectivity index (χ2v) is 3.52. The molecule has 1 aliphatic carbocycles. The molecule has 0 aliphatic heterocycles. The summed E-state index contributed by atoms with van der Waals surface area (Å²) in [6.07, 6.45) is 3.56. The van der Waals surface area contributed by atoms with Crippen LogP contribution >= 0.6 is 0 Å². The lowest BCUT2D eigenvalue weighted by atomic mass is 10.3. The fourth-order valence-corrected chi connectivity index (χ4v) is 1.43. The minimum Gasteiger partial charge on any atom is -0.481 e. The van der Waals surface area contributed by atoms with E-state index in [0.29, 0.717) is 12.1 Å². The van der Waals surface area contributed by atoms with Gasteiger partial charge in [-0.3, -0.25) is 14.6 Å². The van der Waals surface area contributed by atoms with Crippen LogP contribution in [0.25, 0.3) is 0 Å². The van der Waals surface area contributed by atoms with Crippen LogP contribution in [-0.2, 0) is 9.59 Å². The minimum atomic E-state index is -0.902. The van der Waals surface area contributed by atoms with Gasteiger partial charge in [0, 0.05) is 6.20 Å². The zero-order valence-corrected chi connectivity index (χ0v) is 7.88. The van der Waals surface area contributed by atoms with Gasteiger partial charge in [-0.2, -0.15) is 0 Å². The molecule has 5 nitrogen and oxygen atoms in total. The molecule has 15 heavy (non-hydrogen) atoms. The molecule has 5 heteroatoms. The van der Waals surface area contributed by atoms with Gasteiger partial charge in [-0.15, -0.1) is 0 Å². The van der Waals surface area contributed by atoms with E-state index >= 15 is 0 Å². The highest BCUT2D eigenvalue weighted by atomic mass is 16.4. The van der Waals surface area contributed by atoms with Crippen molar-refractivity contribution in [2.24, 2.45) is 11.8 Å². The Hall–Kier alpha value is -1.91. The lowest BCUT2D eigenvalue weighted by Crippen LogP contribution is -2.16. The van der Waals surface area contributed by atoms with Crippen LogP contribution < -0.4 is 5.32 Å². The number of hydrogen-bond acceptors (Lipinski definition) is 3. The molecule has 1 aliphatic rings. The number of anilines is 1. The Morgan fingerprint density at radius 1 is 1.47 bits per heavy atom. The third-order valence-electron chi connectivity index (χ3n) is 2.37. The Morgan fingerprint density at radius 3 is 2.80 bits per heavy atom. The van der Waals surface area contributed by atoms with Crippen molar-refractivity contribution >= 4 is 17.6 Å². The summed E-state index contributed by atoms with van der Waals surface area (Å²) in [5.41, 5.74) is 0.596. The van der Waals surface area contributed by atoms with Crippen molar-refractivity contribution in [1.82, 2.24) is 4.98 Å². The molecule has 2 atom stereocenters. The van der Waals surface area contributed by atoms with E-state index < -0.39 is 11.9 Å². The molecule has 0 bridgehead atoms. The van der Waals surface area contributed by atoms with Crippen LogP contribution in [0.5, 0.6) is 0 Å². The maximum absolute atomic E-state index is 11.5. The molecular weight excluding hydrogens is 196 g/mol. The van der Waals surface area contributed by atoms with Gasteiger partial charge >= 0.3 is 5.97 Å². The minimum absolute atomic E-state index is 0.240. The molecule has 2 rings (SSSR count). The number of amides is 1. The van der Waals surface area contributed by atoms with E-state index in [2.05, 4.69) is 10.3 Å². The molecule has 2 N–H and O–H groups in total. The molecule has 1 saturated carbocycles. The third-order valence-corrected chi connectivity index (χ3v) is 2.37. The van der Waals surface area contributed by atoms with Crippen LogP contribution in [0.3, 0.4) is 0 Å². The van der Waals surface area contributed by atoms with Crippen LogP contribution in [0.4, 0.5) is 5.69 Å². The lowest BCUT2D eigenvalue weighted by Gasteiger charge is -2.02. The number of nitrogens with one attached hydrogen (secondary N) is 1. The predicted octanol–water partition coefficient (Wildman–Crippen LogP) is 0.741. The molecule has 0 spiro atoms. The standard InChI is InChI=1S/C10H10N2O3/c13-9(7-4-8(7)10(14)15)12-6-2-1-3-11-5-6/h1-3,5,7-8H,4H2,(H,12,13)(H,14,15)/t7-,8-/m0/s1. The number of carbonyl (C=O) groups is 2. The molecular formula is C10H10N2O3. The van der Waals surface area contributed by atoms with Crippen molar-refractivity contribution in [1.29, 1.82) is 0 Å². The zero-order chi connectivity index (χ0) is 10.8. The number of rotatable bonds is 3. The highest BCUT2D eigenvalue weighted by molar-refractivity contribution is 5.98. The largest absolute Gasteiger partial charge is 0.481 e. The summed E-state index contributed by atoms with van der Waals surface area (Å²) in [7, 11) is 0. The van der Waals surface area contributed by atoms with Gasteiger partial charge in [-0.1, -0.05) is 0 Å². The molecule has 1 amide bonds. The van der Waals surface area contributed by atoms with E-state index in [-0.39, 0.29) is 11.8 Å². The second-order valence-electron chi connectivity index (χ2n) is 3.52. The normalized spacial score (nSPS) is 23.2. The fourth-order valence-electron chi connectivity index (χ4n) is 1.43. The van der Waals surface area contributed by atoms with E-state index in [1.165, 1.54) is 6.20 Å². The number of nitrogens with zero attached hydrogens (tertiary/aromatic N) is 1. The molecule has 1 fully saturated rings. The van der Waals surface area contributed by atoms with E-state index in [4.69, 9.17) is 5.11 Å². The summed E-state index contributed by atoms with van der Waals surface area (Å²) in [5, 5.41) is 11.3. The van der Waals surface area contributed by atoms with Crippen molar-refractivity contribution < 1.29 is 14.7 Å². The lowest BCUT2D eigenvalue weighted by molar-refractivity contribution is -0.139. The van der Waals surface area contributed by atoms with Gasteiger partial charge in [0.15, 0.2) is 0 Å². The highest BCUT2D eigenvalue weighted by Gasteiger charge is 2.48. The predicted molar refractivity (Wildman–Crippen MR) is 52.1 cm³/mol. The first-order valence-corrected chi connectivity index (χ1v) is 4.62. The van der Waals surface area contributed by atoms with Crippen LogP contribution in [-0.4, -0.2) is 22.0 Å². The number of carboxylic acid groups (broad SMARTS) is 1. The summed E-state index contributed by atoms with van der Waals surface area (Å²) in [4.78, 5) is 25.9. The average Bonchev–Trinajstić information content (AvgIpc) is 2.98. The first-order chi connectivity index (χ1) is 7.18. The van der Waals surface area contributed by atoms with Gasteiger partial charge in [0.05, 0.1) is 23.7 Å². The van der Waals surface area contributed by atoms with Crippen molar-refractivity contribution in [3.8, 4) is 0 Å². The molecule has 0 radical (unpaired) electrons. The number of pyridine rings is 1. The molecule has 0 saturated heterocycles. The Kier molecular flexibility index (Phi) is 2.37. The van der Waals surface area contributed by atoms with Crippen LogP contribution in [0.15, 0.2) is 24.5 Å². The molecule has 78 valence electrons. The summed E-state index contributed by atoms with van der Waals surface area (Å²) < 4.78 is 0. The monoisotopic (exact) mass is 206 g/mol. The molecule has 1 heterocycles. The maximum atomic E-state index is 11.5. The van der Waals surface area contributed by atoms with Crippen LogP contribution in [0, 0.1) is 11.8 Å². The number of carboxylic acids is 1. The van der Waals surface area contributed by atoms with Crippen molar-refractivity contribution in [2.45, 2.75) is 6.42 Å². The second kappa shape index (κ2) is 3.68. The van der Waals surface area contributed by atoms with Crippen molar-refractivity contribution in [2.75, 3.05) is 5.32 Å². The number of aliphatic carboxylic acids is 1. The van der Waals surface area contributed by atoms with Gasteiger partial charge in [-0.05, 0) is 18.6 Å². The van der Waals surface area contributed by atoms with Crippen LogP contribution in [0.1, 0.15) is 6.42 Å². The molecule has 1 aromatic heterocycles. The quantitative estimate of drug-likeness (QED) is 0.764. The third kappa shape index (κ3) is 2.12. The zero-order valence-electron chi connectivity index (χ0n) is 7.88. The summed E-state index contributed by atoms with van der Waals surface area (Å²) in [5.74, 6) is -2.04. The summed E-state index contributed by atoms with van der Waals surface area (Å²) >= 11 is 0. The number of aromatic nitrogens is 1. The van der Waals surface area contributed by atoms with Gasteiger partial charge < -0.3 is 10.4 Å². The average molecular weight is 206 g/mol. The van der Waals surface area contributed by atoms with E-state index in [1.807, 2.05) is 0 Å². The Morgan fingerprint density at radius 2 is 2.27 bits per heavy atom. The van der Waals surface area contributed by atoms with Crippen molar-refractivity contribution in [3.05, 3.63) is 24.5 Å². The number of hydrogen-bond donors (Lipinski definition) is 2. The van der Waals surface area contributed by atoms with Gasteiger partial charge in [0.2, 0.25) is 5.91 Å². The topological polar surface area (TPSA) is 79.3 Å². The van der Waals surface area contributed by atoms with Crippen LogP contribution in [0.2, 0.25) is 0 Å². The molecule has 0 aromatic carbocycles. The fraction of sp³-hybridized carbons (Fsp3) is 0.300. The molecule has 0 unspecified atom stereocenters. The van der Waals surface area contributed by atoms with E-state index in [0.717, 1.165) is 0 Å². The smallest absolute Gasteiger partial charge is 0.307 e. The van der Waals surface area contributed by atoms with Gasteiger partial charge in [0.1, 0.15) is 0 Å². The first-order valence-electron chi connectivity index (χ1n) is 4.62. The van der Waals surface area contributed by atoms with E-state index in [9.17, 15) is 9.59 Å². The van der Waals surface area contributed by atoms with Crippen molar-refractivity contribution in [3.63, 3.8) is 0 Å². The SMILES string of the molecule is O=C(O)[C@H]1C[C@@H]1C(=O)Nc1cccnc1. The highest BCUT2D eigenvalue weighted by Crippen LogP contribution is 2.39. The Labute approximate surface area is 86.1 Å². The van der Waals surface area contributed by atoms with Gasteiger partial charge in [-0.25, -0.2) is 0 Å². The summed E-state index contributed by atoms with van der Waals surface area (Å²) in [6, 6.07) is 3.42. The summed E-state index contributed by atoms with van der Waals surface area (Å²) in [6.45, 7) is 0. The van der Waals surface area contributed by atoms with E-state index in [1.54, 1.807) is 18.3 Å². The number of carbonyl (C=O) groups excluding carboxylic acids is 1. The maximum Gasteiger partial charge on any atom is 0.307 e. The molecule has 1 aromatic rings.